The summed E-state index contributed by atoms with van der Waals surface area (Å²) in [7, 11) is 1.29. The Morgan fingerprint density at radius 3 is 3.00 bits per heavy atom. The predicted octanol–water partition coefficient (Wildman–Crippen LogP) is 1.37. The van der Waals surface area contributed by atoms with Crippen molar-refractivity contribution in [3.05, 3.63) is 29.4 Å². The summed E-state index contributed by atoms with van der Waals surface area (Å²) in [6.07, 6.45) is 2.90. The summed E-state index contributed by atoms with van der Waals surface area (Å²) in [5, 5.41) is 6.06. The Hall–Kier alpha value is -2.35. The van der Waals surface area contributed by atoms with Gasteiger partial charge in [0.1, 0.15) is 12.7 Å². The van der Waals surface area contributed by atoms with Gasteiger partial charge in [-0.05, 0) is 17.9 Å². The number of rotatable bonds is 2. The molecular weight excluding hydrogens is 266 g/mol. The zero-order chi connectivity index (χ0) is 13.4. The van der Waals surface area contributed by atoms with Crippen molar-refractivity contribution in [3.8, 4) is 5.82 Å². The molecule has 0 saturated carbocycles. The number of methoxy groups -OCH3 is 1. The van der Waals surface area contributed by atoms with E-state index in [0.29, 0.717) is 5.82 Å². The Morgan fingerprint density at radius 1 is 1.37 bits per heavy atom. The van der Waals surface area contributed by atoms with Gasteiger partial charge in [-0.25, -0.2) is 24.4 Å². The highest BCUT2D eigenvalue weighted by molar-refractivity contribution is 7.17. The Balaban J connectivity index is 2.14. The highest BCUT2D eigenvalue weighted by atomic mass is 32.1. The van der Waals surface area contributed by atoms with E-state index in [9.17, 15) is 4.79 Å². The lowest BCUT2D eigenvalue weighted by atomic mass is 10.3. The van der Waals surface area contributed by atoms with Gasteiger partial charge in [0, 0.05) is 0 Å². The van der Waals surface area contributed by atoms with Gasteiger partial charge in [-0.1, -0.05) is 0 Å². The van der Waals surface area contributed by atoms with Crippen molar-refractivity contribution < 1.29 is 9.53 Å². The van der Waals surface area contributed by atoms with Crippen molar-refractivity contribution in [2.45, 2.75) is 6.92 Å². The number of ether oxygens (including phenoxy) is 1. The molecule has 0 bridgehead atoms. The first-order valence-electron chi connectivity index (χ1n) is 5.40. The smallest absolute Gasteiger partial charge is 0.377 e. The van der Waals surface area contributed by atoms with E-state index in [1.54, 1.807) is 0 Å². The first kappa shape index (κ1) is 11.7. The van der Waals surface area contributed by atoms with Crippen molar-refractivity contribution in [1.29, 1.82) is 0 Å². The third-order valence-corrected chi connectivity index (χ3v) is 3.67. The van der Waals surface area contributed by atoms with Gasteiger partial charge >= 0.3 is 5.97 Å². The molecule has 0 spiro atoms. The van der Waals surface area contributed by atoms with E-state index >= 15 is 0 Å². The number of carbonyl (C=O) groups is 1. The van der Waals surface area contributed by atoms with Gasteiger partial charge in [-0.15, -0.1) is 16.4 Å². The molecule has 0 aromatic carbocycles. The van der Waals surface area contributed by atoms with Gasteiger partial charge in [-0.3, -0.25) is 0 Å². The van der Waals surface area contributed by atoms with Crippen LogP contribution >= 0.6 is 11.3 Å². The van der Waals surface area contributed by atoms with E-state index in [1.165, 1.54) is 35.8 Å². The van der Waals surface area contributed by atoms with Gasteiger partial charge in [0.2, 0.25) is 0 Å². The zero-order valence-corrected chi connectivity index (χ0v) is 11.0. The van der Waals surface area contributed by atoms with Crippen LogP contribution in [-0.2, 0) is 4.74 Å². The number of aryl methyl sites for hydroxylation is 1. The lowest BCUT2D eigenvalue weighted by Crippen LogP contribution is -2.06. The van der Waals surface area contributed by atoms with Crippen LogP contribution in [0.1, 0.15) is 16.2 Å². The number of hydrogen-bond donors (Lipinski definition) is 0. The summed E-state index contributed by atoms with van der Waals surface area (Å²) in [5.41, 5.74) is 1.96. The van der Waals surface area contributed by atoms with Crippen LogP contribution < -0.4 is 0 Å². The molecule has 0 saturated heterocycles. The molecule has 0 aliphatic rings. The molecular formula is C11H9N5O2S. The van der Waals surface area contributed by atoms with Crippen molar-refractivity contribution in [2.24, 2.45) is 0 Å². The summed E-state index contributed by atoms with van der Waals surface area (Å²) in [6.45, 7) is 1.98. The Kier molecular flexibility index (Phi) is 2.71. The van der Waals surface area contributed by atoms with Crippen LogP contribution in [0.3, 0.4) is 0 Å². The summed E-state index contributed by atoms with van der Waals surface area (Å²) in [6, 6.07) is 0. The average Bonchev–Trinajstić information content (AvgIpc) is 3.05. The maximum atomic E-state index is 11.3. The lowest BCUT2D eigenvalue weighted by molar-refractivity contribution is 0.0587. The monoisotopic (exact) mass is 275 g/mol. The predicted molar refractivity (Wildman–Crippen MR) is 68.4 cm³/mol. The summed E-state index contributed by atoms with van der Waals surface area (Å²) >= 11 is 1.53. The minimum atomic E-state index is -0.577. The molecule has 0 aliphatic heterocycles. The van der Waals surface area contributed by atoms with Crippen LogP contribution in [0.2, 0.25) is 0 Å². The van der Waals surface area contributed by atoms with Gasteiger partial charge in [0.05, 0.1) is 17.3 Å². The highest BCUT2D eigenvalue weighted by Crippen LogP contribution is 2.27. The van der Waals surface area contributed by atoms with E-state index in [1.807, 2.05) is 12.3 Å². The molecule has 0 amide bonds. The fourth-order valence-corrected chi connectivity index (χ4v) is 2.65. The van der Waals surface area contributed by atoms with E-state index in [-0.39, 0.29) is 5.82 Å². The van der Waals surface area contributed by atoms with E-state index in [0.717, 1.165) is 15.8 Å². The van der Waals surface area contributed by atoms with E-state index in [2.05, 4.69) is 24.8 Å². The molecule has 0 fully saturated rings. The number of fused-ring (bicyclic) bond motifs is 1. The number of thiophene rings is 1. The molecule has 19 heavy (non-hydrogen) atoms. The Bertz CT molecular complexity index is 763. The second-order valence-corrected chi connectivity index (χ2v) is 4.68. The maximum Gasteiger partial charge on any atom is 0.377 e. The Morgan fingerprint density at radius 2 is 2.21 bits per heavy atom. The van der Waals surface area contributed by atoms with Crippen molar-refractivity contribution >= 4 is 27.5 Å². The Labute approximate surface area is 111 Å². The number of nitrogens with zero attached hydrogens (tertiary/aromatic N) is 5. The summed E-state index contributed by atoms with van der Waals surface area (Å²) in [5.74, 6) is 0.0275. The maximum absolute atomic E-state index is 11.3. The van der Waals surface area contributed by atoms with Gasteiger partial charge in [-0.2, -0.15) is 0 Å². The van der Waals surface area contributed by atoms with Crippen LogP contribution in [0.25, 0.3) is 16.0 Å². The van der Waals surface area contributed by atoms with E-state index < -0.39 is 5.97 Å². The molecule has 7 nitrogen and oxygen atoms in total. The SMILES string of the molecule is COC(=O)c1ncn(-c2ncnc3c(C)csc23)n1. The standard InChI is InChI=1S/C11H9N5O2S/c1-6-3-19-8-7(6)12-4-13-10(8)16-5-14-9(15-16)11(17)18-2/h3-5H,1-2H3. The minimum Gasteiger partial charge on any atom is -0.463 e. The average molecular weight is 275 g/mol. The molecule has 0 N–H and O–H groups in total. The first-order valence-corrected chi connectivity index (χ1v) is 6.28. The molecule has 8 heteroatoms. The number of esters is 1. The van der Waals surface area contributed by atoms with Crippen LogP contribution in [-0.4, -0.2) is 37.8 Å². The fourth-order valence-electron chi connectivity index (χ4n) is 1.67. The number of carbonyl (C=O) groups excluding carboxylic acids is 1. The molecule has 3 heterocycles. The normalized spacial score (nSPS) is 10.8. The van der Waals surface area contributed by atoms with Crippen LogP contribution in [0, 0.1) is 6.92 Å². The molecule has 0 radical (unpaired) electrons. The fraction of sp³-hybridized carbons (Fsp3) is 0.182. The quantitative estimate of drug-likeness (QED) is 0.657. The first-order chi connectivity index (χ1) is 9.20. The van der Waals surface area contributed by atoms with Gasteiger partial charge in [0.25, 0.3) is 5.82 Å². The molecule has 0 aliphatic carbocycles. The molecule has 3 aromatic heterocycles. The largest absolute Gasteiger partial charge is 0.463 e. The lowest BCUT2D eigenvalue weighted by Gasteiger charge is -2.00. The van der Waals surface area contributed by atoms with Crippen molar-refractivity contribution in [3.63, 3.8) is 0 Å². The number of hydrogen-bond acceptors (Lipinski definition) is 7. The molecule has 96 valence electrons. The molecule has 0 unspecified atom stereocenters. The van der Waals surface area contributed by atoms with Gasteiger partial charge < -0.3 is 4.74 Å². The number of aromatic nitrogens is 5. The summed E-state index contributed by atoms with van der Waals surface area (Å²) < 4.78 is 6.92. The van der Waals surface area contributed by atoms with E-state index in [4.69, 9.17) is 0 Å². The zero-order valence-electron chi connectivity index (χ0n) is 10.2. The van der Waals surface area contributed by atoms with Crippen molar-refractivity contribution in [2.75, 3.05) is 7.11 Å². The van der Waals surface area contributed by atoms with Crippen molar-refractivity contribution in [1.82, 2.24) is 24.7 Å². The van der Waals surface area contributed by atoms with Crippen LogP contribution in [0.15, 0.2) is 18.0 Å². The second kappa shape index (κ2) is 4.39. The topological polar surface area (TPSA) is 82.8 Å². The molecule has 3 aromatic rings. The van der Waals surface area contributed by atoms with Crippen LogP contribution in [0.4, 0.5) is 0 Å². The highest BCUT2D eigenvalue weighted by Gasteiger charge is 2.15. The molecule has 3 rings (SSSR count). The van der Waals surface area contributed by atoms with Crippen LogP contribution in [0.5, 0.6) is 0 Å². The summed E-state index contributed by atoms with van der Waals surface area (Å²) in [4.78, 5) is 23.7. The molecule has 0 atom stereocenters. The second-order valence-electron chi connectivity index (χ2n) is 3.80. The third kappa shape index (κ3) is 1.85. The van der Waals surface area contributed by atoms with Gasteiger partial charge in [0.15, 0.2) is 5.82 Å². The third-order valence-electron chi connectivity index (χ3n) is 2.59. The minimum absolute atomic E-state index is 0.00235.